The summed E-state index contributed by atoms with van der Waals surface area (Å²) in [4.78, 5) is 15.6. The molecule has 0 spiro atoms. The van der Waals surface area contributed by atoms with Crippen LogP contribution in [0.15, 0.2) is 78.6 Å². The molecule has 1 fully saturated rings. The maximum Gasteiger partial charge on any atom is 0.288 e. The SMILES string of the molecule is CN(C(=O)C1=CC(c2cccc3c2Cc2ccccc2-3)CC(OCc2ccc(CO)cc2)O1)C1CCCCC1. The fraction of sp³-hybridized carbons (Fsp3) is 0.382. The summed E-state index contributed by atoms with van der Waals surface area (Å²) < 4.78 is 12.6. The number of carbonyl (C=O) groups is 1. The molecule has 1 amide bonds. The van der Waals surface area contributed by atoms with E-state index in [0.29, 0.717) is 18.8 Å². The van der Waals surface area contributed by atoms with E-state index in [0.717, 1.165) is 30.4 Å². The molecule has 3 aromatic rings. The highest BCUT2D eigenvalue weighted by Crippen LogP contribution is 2.43. The van der Waals surface area contributed by atoms with Crippen molar-refractivity contribution < 1.29 is 19.4 Å². The highest BCUT2D eigenvalue weighted by Gasteiger charge is 2.34. The first-order chi connectivity index (χ1) is 19.1. The van der Waals surface area contributed by atoms with Gasteiger partial charge in [-0.1, -0.05) is 86.0 Å². The molecule has 2 aliphatic carbocycles. The maximum absolute atomic E-state index is 13.7. The van der Waals surface area contributed by atoms with Crippen LogP contribution in [0, 0.1) is 0 Å². The van der Waals surface area contributed by atoms with Crippen LogP contribution in [0.4, 0.5) is 0 Å². The number of nitrogens with zero attached hydrogens (tertiary/aromatic N) is 1. The summed E-state index contributed by atoms with van der Waals surface area (Å²) in [7, 11) is 1.92. The van der Waals surface area contributed by atoms with Crippen molar-refractivity contribution in [2.45, 2.75) is 76.4 Å². The second-order valence-corrected chi connectivity index (χ2v) is 11.1. The first-order valence-electron chi connectivity index (χ1n) is 14.3. The van der Waals surface area contributed by atoms with E-state index in [-0.39, 0.29) is 24.5 Å². The molecule has 0 aromatic heterocycles. The Morgan fingerprint density at radius 3 is 2.49 bits per heavy atom. The lowest BCUT2D eigenvalue weighted by Crippen LogP contribution is -2.41. The van der Waals surface area contributed by atoms with Gasteiger partial charge in [0.15, 0.2) is 5.76 Å². The molecule has 1 N–H and O–H groups in total. The van der Waals surface area contributed by atoms with Gasteiger partial charge >= 0.3 is 0 Å². The predicted octanol–water partition coefficient (Wildman–Crippen LogP) is 6.47. The van der Waals surface area contributed by atoms with Crippen LogP contribution in [-0.2, 0) is 33.9 Å². The number of allylic oxidation sites excluding steroid dienone is 1. The molecule has 6 rings (SSSR count). The molecule has 3 aromatic carbocycles. The van der Waals surface area contributed by atoms with Crippen LogP contribution in [0.3, 0.4) is 0 Å². The molecule has 1 saturated carbocycles. The molecule has 2 unspecified atom stereocenters. The Hall–Kier alpha value is -3.41. The smallest absolute Gasteiger partial charge is 0.288 e. The second kappa shape index (κ2) is 11.4. The monoisotopic (exact) mass is 523 g/mol. The average Bonchev–Trinajstić information content (AvgIpc) is 3.39. The Labute approximate surface area is 231 Å². The molecule has 2 atom stereocenters. The van der Waals surface area contributed by atoms with Crippen LogP contribution in [0.25, 0.3) is 11.1 Å². The van der Waals surface area contributed by atoms with E-state index in [1.165, 1.54) is 47.1 Å². The lowest BCUT2D eigenvalue weighted by atomic mass is 9.87. The highest BCUT2D eigenvalue weighted by molar-refractivity contribution is 5.92. The van der Waals surface area contributed by atoms with Gasteiger partial charge in [0.05, 0.1) is 13.2 Å². The molecule has 0 radical (unpaired) electrons. The summed E-state index contributed by atoms with van der Waals surface area (Å²) in [6.07, 6.45) is 8.74. The van der Waals surface area contributed by atoms with E-state index in [1.54, 1.807) is 0 Å². The summed E-state index contributed by atoms with van der Waals surface area (Å²) in [5.74, 6) is 0.361. The molecular formula is C34H37NO4. The van der Waals surface area contributed by atoms with E-state index in [9.17, 15) is 9.90 Å². The zero-order chi connectivity index (χ0) is 26.8. The van der Waals surface area contributed by atoms with Gasteiger partial charge in [-0.2, -0.15) is 0 Å². The van der Waals surface area contributed by atoms with Gasteiger partial charge in [-0.3, -0.25) is 4.79 Å². The number of aliphatic hydroxyl groups excluding tert-OH is 1. The summed E-state index contributed by atoms with van der Waals surface area (Å²) in [6.45, 7) is 0.395. The molecule has 1 heterocycles. The third kappa shape index (κ3) is 5.39. The number of benzene rings is 3. The lowest BCUT2D eigenvalue weighted by molar-refractivity contribution is -0.156. The predicted molar refractivity (Wildman–Crippen MR) is 152 cm³/mol. The standard InChI is InChI=1S/C34H37NO4/c1-35(27-9-3-2-4-10-27)34(37)32-19-26(20-33(39-32)38-22-24-16-14-23(21-36)15-17-24)29-12-7-13-30-28-11-6-5-8-25(28)18-31(29)30/h5-8,11-17,19,26-27,33,36H,2-4,9-10,18,20-22H2,1H3. The molecule has 5 heteroatoms. The number of aliphatic hydroxyl groups is 1. The van der Waals surface area contributed by atoms with Crippen molar-refractivity contribution in [3.05, 3.63) is 106 Å². The normalized spacial score (nSPS) is 20.5. The molecule has 1 aliphatic heterocycles. The van der Waals surface area contributed by atoms with Crippen LogP contribution in [0.5, 0.6) is 0 Å². The van der Waals surface area contributed by atoms with E-state index >= 15 is 0 Å². The zero-order valence-electron chi connectivity index (χ0n) is 22.6. The van der Waals surface area contributed by atoms with E-state index in [4.69, 9.17) is 9.47 Å². The topological polar surface area (TPSA) is 59.0 Å². The number of likely N-dealkylation sites (N-methyl/N-ethyl adjacent to an activating group) is 1. The number of fused-ring (bicyclic) bond motifs is 3. The Kier molecular flexibility index (Phi) is 7.53. The van der Waals surface area contributed by atoms with Crippen molar-refractivity contribution in [1.82, 2.24) is 4.90 Å². The van der Waals surface area contributed by atoms with Crippen LogP contribution in [0.1, 0.15) is 72.3 Å². The first kappa shape index (κ1) is 25.8. The van der Waals surface area contributed by atoms with Crippen molar-refractivity contribution in [2.24, 2.45) is 0 Å². The third-order valence-corrected chi connectivity index (χ3v) is 8.64. The summed E-state index contributed by atoms with van der Waals surface area (Å²) in [5, 5.41) is 9.35. The summed E-state index contributed by atoms with van der Waals surface area (Å²) in [6, 6.07) is 23.2. The number of rotatable bonds is 7. The quantitative estimate of drug-likeness (QED) is 0.302. The molecule has 39 heavy (non-hydrogen) atoms. The Bertz CT molecular complexity index is 1360. The van der Waals surface area contributed by atoms with Crippen molar-refractivity contribution >= 4 is 5.91 Å². The van der Waals surface area contributed by atoms with Crippen LogP contribution in [-0.4, -0.2) is 35.3 Å². The largest absolute Gasteiger partial charge is 0.459 e. The molecule has 0 bridgehead atoms. The number of ether oxygens (including phenoxy) is 2. The summed E-state index contributed by atoms with van der Waals surface area (Å²) in [5.41, 5.74) is 8.41. The second-order valence-electron chi connectivity index (χ2n) is 11.1. The van der Waals surface area contributed by atoms with Crippen LogP contribution in [0.2, 0.25) is 0 Å². The Balaban J connectivity index is 1.28. The molecule has 5 nitrogen and oxygen atoms in total. The van der Waals surface area contributed by atoms with Crippen molar-refractivity contribution in [2.75, 3.05) is 7.05 Å². The van der Waals surface area contributed by atoms with E-state index in [2.05, 4.69) is 42.5 Å². The number of hydrogen-bond acceptors (Lipinski definition) is 4. The number of carbonyl (C=O) groups excluding carboxylic acids is 1. The van der Waals surface area contributed by atoms with Crippen molar-refractivity contribution in [3.8, 4) is 11.1 Å². The van der Waals surface area contributed by atoms with E-state index in [1.807, 2.05) is 42.3 Å². The number of hydrogen-bond donors (Lipinski definition) is 1. The van der Waals surface area contributed by atoms with Crippen molar-refractivity contribution in [1.29, 1.82) is 0 Å². The third-order valence-electron chi connectivity index (χ3n) is 8.64. The fourth-order valence-electron chi connectivity index (χ4n) is 6.40. The van der Waals surface area contributed by atoms with Gasteiger partial charge in [0, 0.05) is 25.4 Å². The van der Waals surface area contributed by atoms with Gasteiger partial charge in [-0.15, -0.1) is 0 Å². The molecule has 3 aliphatic rings. The van der Waals surface area contributed by atoms with Crippen molar-refractivity contribution in [3.63, 3.8) is 0 Å². The zero-order valence-corrected chi connectivity index (χ0v) is 22.6. The first-order valence-corrected chi connectivity index (χ1v) is 14.3. The Morgan fingerprint density at radius 2 is 1.69 bits per heavy atom. The van der Waals surface area contributed by atoms with Crippen LogP contribution >= 0.6 is 0 Å². The van der Waals surface area contributed by atoms with Gasteiger partial charge in [0.2, 0.25) is 6.29 Å². The fourth-order valence-corrected chi connectivity index (χ4v) is 6.40. The van der Waals surface area contributed by atoms with Gasteiger partial charge < -0.3 is 19.5 Å². The van der Waals surface area contributed by atoms with Gasteiger partial charge in [-0.05, 0) is 64.3 Å². The minimum atomic E-state index is -0.532. The molecule has 202 valence electrons. The minimum absolute atomic E-state index is 0.0171. The maximum atomic E-state index is 13.7. The molecular weight excluding hydrogens is 486 g/mol. The van der Waals surface area contributed by atoms with Gasteiger partial charge in [0.25, 0.3) is 5.91 Å². The van der Waals surface area contributed by atoms with Crippen LogP contribution < -0.4 is 0 Å². The number of amides is 1. The minimum Gasteiger partial charge on any atom is -0.459 e. The molecule has 0 saturated heterocycles. The Morgan fingerprint density at radius 1 is 0.949 bits per heavy atom. The average molecular weight is 524 g/mol. The lowest BCUT2D eigenvalue weighted by Gasteiger charge is -2.35. The van der Waals surface area contributed by atoms with Gasteiger partial charge in [0.1, 0.15) is 0 Å². The van der Waals surface area contributed by atoms with Gasteiger partial charge in [-0.25, -0.2) is 0 Å². The highest BCUT2D eigenvalue weighted by atomic mass is 16.7. The van der Waals surface area contributed by atoms with E-state index < -0.39 is 6.29 Å². The summed E-state index contributed by atoms with van der Waals surface area (Å²) >= 11 is 0.